The van der Waals surface area contributed by atoms with Crippen LogP contribution in [0.25, 0.3) is 11.1 Å². The Bertz CT molecular complexity index is 1170. The second-order valence-corrected chi connectivity index (χ2v) is 9.22. The summed E-state index contributed by atoms with van der Waals surface area (Å²) in [6.45, 7) is 3.83. The van der Waals surface area contributed by atoms with Gasteiger partial charge in [-0.25, -0.2) is 4.79 Å². The fraction of sp³-hybridized carbons (Fsp3) is 0.167. The van der Waals surface area contributed by atoms with Gasteiger partial charge in [-0.05, 0) is 60.9 Å². The molecule has 0 aliphatic rings. The van der Waals surface area contributed by atoms with E-state index in [1.807, 2.05) is 38.1 Å². The predicted molar refractivity (Wildman–Crippen MR) is 133 cm³/mol. The molecular weight excluding hydrogens is 514 g/mol. The van der Waals surface area contributed by atoms with Gasteiger partial charge in [0.05, 0.1) is 0 Å². The number of thiophene rings is 1. The molecule has 0 aliphatic heterocycles. The number of aromatic carboxylic acids is 1. The van der Waals surface area contributed by atoms with Crippen LogP contribution < -0.4 is 10.1 Å². The monoisotopic (exact) mass is 533 g/mol. The summed E-state index contributed by atoms with van der Waals surface area (Å²) in [6.07, 6.45) is 3.16. The number of hydrogen-bond acceptors (Lipinski definition) is 4. The molecule has 2 aromatic carbocycles. The molecule has 0 spiro atoms. The number of ether oxygens (including phenoxy) is 1. The number of carbonyl (C=O) groups is 2. The first-order valence-corrected chi connectivity index (χ1v) is 11.9. The highest BCUT2D eigenvalue weighted by Gasteiger charge is 2.23. The number of rotatable bonds is 8. The van der Waals surface area contributed by atoms with Gasteiger partial charge in [0.15, 0.2) is 5.76 Å². The molecule has 1 amide bonds. The van der Waals surface area contributed by atoms with Gasteiger partial charge in [0.2, 0.25) is 0 Å². The van der Waals surface area contributed by atoms with E-state index in [0.29, 0.717) is 22.8 Å². The fourth-order valence-electron chi connectivity index (χ4n) is 2.97. The van der Waals surface area contributed by atoms with Crippen molar-refractivity contribution in [1.29, 1.82) is 0 Å². The van der Waals surface area contributed by atoms with Crippen LogP contribution in [0.4, 0.5) is 5.00 Å². The third-order valence-corrected chi connectivity index (χ3v) is 6.25. The summed E-state index contributed by atoms with van der Waals surface area (Å²) < 4.78 is 6.77. The molecule has 0 saturated heterocycles. The van der Waals surface area contributed by atoms with Crippen LogP contribution in [0, 0.1) is 6.92 Å². The van der Waals surface area contributed by atoms with E-state index in [-0.39, 0.29) is 16.3 Å². The molecular formula is C24H21BrClNO4S. The number of allylic oxidation sites excluding steroid dienone is 1. The summed E-state index contributed by atoms with van der Waals surface area (Å²) in [5.74, 6) is -1.02. The largest absolute Gasteiger partial charge is 0.478 e. The van der Waals surface area contributed by atoms with Gasteiger partial charge in [-0.3, -0.25) is 4.79 Å². The molecule has 0 unspecified atom stereocenters. The lowest BCUT2D eigenvalue weighted by Crippen LogP contribution is -2.19. The van der Waals surface area contributed by atoms with Crippen LogP contribution >= 0.6 is 38.9 Å². The number of hydrogen-bond donors (Lipinski definition) is 2. The molecule has 3 rings (SSSR count). The zero-order valence-corrected chi connectivity index (χ0v) is 20.6. The van der Waals surface area contributed by atoms with Crippen molar-refractivity contribution in [1.82, 2.24) is 0 Å². The first-order valence-electron chi connectivity index (χ1n) is 9.86. The highest BCUT2D eigenvalue weighted by molar-refractivity contribution is 9.10. The molecule has 8 heteroatoms. The van der Waals surface area contributed by atoms with E-state index in [0.717, 1.165) is 33.4 Å². The normalized spacial score (nSPS) is 11.3. The molecule has 0 radical (unpaired) electrons. The van der Waals surface area contributed by atoms with Crippen LogP contribution in [0.15, 0.2) is 64.2 Å². The highest BCUT2D eigenvalue weighted by Crippen LogP contribution is 2.36. The van der Waals surface area contributed by atoms with Crippen molar-refractivity contribution in [3.05, 3.63) is 80.3 Å². The number of carboxylic acids is 1. The molecule has 1 aromatic heterocycles. The standard InChI is InChI=1S/C24H21BrClNO4S/c1-3-4-5-20(31-19-11-10-17(26)12-14(19)2)22(28)27-23-21(24(29)30)18(13-32-23)15-6-8-16(25)9-7-15/h5-13H,3-4H2,1-2H3,(H,27,28)(H,29,30). The Balaban J connectivity index is 1.90. The molecule has 32 heavy (non-hydrogen) atoms. The number of halogens is 2. The first kappa shape index (κ1) is 24.0. The summed E-state index contributed by atoms with van der Waals surface area (Å²) in [5, 5.41) is 15.1. The minimum absolute atomic E-state index is 0.0446. The molecule has 3 aromatic rings. The lowest BCUT2D eigenvalue weighted by atomic mass is 10.0. The van der Waals surface area contributed by atoms with Crippen LogP contribution in [0.1, 0.15) is 35.7 Å². The highest BCUT2D eigenvalue weighted by atomic mass is 79.9. The maximum absolute atomic E-state index is 13.0. The van der Waals surface area contributed by atoms with Crippen LogP contribution in [-0.2, 0) is 4.79 Å². The summed E-state index contributed by atoms with van der Waals surface area (Å²) in [5.41, 5.74) is 2.12. The smallest absolute Gasteiger partial charge is 0.339 e. The third kappa shape index (κ3) is 5.79. The Kier molecular flexibility index (Phi) is 8.12. The van der Waals surface area contributed by atoms with E-state index in [1.165, 1.54) is 0 Å². The maximum Gasteiger partial charge on any atom is 0.339 e. The zero-order valence-electron chi connectivity index (χ0n) is 17.4. The van der Waals surface area contributed by atoms with Crippen molar-refractivity contribution in [2.75, 3.05) is 5.32 Å². The van der Waals surface area contributed by atoms with Crippen molar-refractivity contribution in [2.45, 2.75) is 26.7 Å². The quantitative estimate of drug-likeness (QED) is 0.231. The molecule has 0 fully saturated rings. The summed E-state index contributed by atoms with van der Waals surface area (Å²) in [6, 6.07) is 12.5. The van der Waals surface area contributed by atoms with Crippen molar-refractivity contribution in [3.63, 3.8) is 0 Å². The number of benzene rings is 2. The van der Waals surface area contributed by atoms with Gasteiger partial charge in [0.25, 0.3) is 5.91 Å². The number of carbonyl (C=O) groups excluding carboxylic acids is 1. The van der Waals surface area contributed by atoms with Crippen molar-refractivity contribution < 1.29 is 19.4 Å². The van der Waals surface area contributed by atoms with Crippen molar-refractivity contribution in [3.8, 4) is 16.9 Å². The van der Waals surface area contributed by atoms with Gasteiger partial charge in [-0.1, -0.05) is 53.0 Å². The lowest BCUT2D eigenvalue weighted by molar-refractivity contribution is -0.114. The van der Waals surface area contributed by atoms with Crippen LogP contribution in [-0.4, -0.2) is 17.0 Å². The van der Waals surface area contributed by atoms with E-state index in [1.54, 1.807) is 29.7 Å². The van der Waals surface area contributed by atoms with Crippen LogP contribution in [0.3, 0.4) is 0 Å². The number of nitrogens with one attached hydrogen (secondary N) is 1. The Labute approximate surface area is 203 Å². The van der Waals surface area contributed by atoms with Crippen LogP contribution in [0.5, 0.6) is 5.75 Å². The Morgan fingerprint density at radius 3 is 2.56 bits per heavy atom. The van der Waals surface area contributed by atoms with Gasteiger partial charge in [0.1, 0.15) is 16.3 Å². The Morgan fingerprint density at radius 2 is 1.94 bits per heavy atom. The summed E-state index contributed by atoms with van der Waals surface area (Å²) >= 11 is 10.5. The van der Waals surface area contributed by atoms with E-state index in [4.69, 9.17) is 16.3 Å². The minimum atomic E-state index is -1.12. The Hall–Kier alpha value is -2.61. The summed E-state index contributed by atoms with van der Waals surface area (Å²) in [4.78, 5) is 25.1. The zero-order chi connectivity index (χ0) is 23.3. The third-order valence-electron chi connectivity index (χ3n) is 4.59. The second-order valence-electron chi connectivity index (χ2n) is 6.99. The van der Waals surface area contributed by atoms with Gasteiger partial charge in [-0.2, -0.15) is 0 Å². The topological polar surface area (TPSA) is 75.6 Å². The van der Waals surface area contributed by atoms with Gasteiger partial charge in [0, 0.05) is 20.4 Å². The maximum atomic E-state index is 13.0. The molecule has 5 nitrogen and oxygen atoms in total. The number of amides is 1. The number of aryl methyl sites for hydroxylation is 1. The molecule has 0 aliphatic carbocycles. The van der Waals surface area contributed by atoms with E-state index < -0.39 is 11.9 Å². The number of unbranched alkanes of at least 4 members (excludes halogenated alkanes) is 1. The van der Waals surface area contributed by atoms with Crippen molar-refractivity contribution in [2.24, 2.45) is 0 Å². The average Bonchev–Trinajstić information content (AvgIpc) is 3.16. The number of carboxylic acid groups (broad SMARTS) is 1. The minimum Gasteiger partial charge on any atom is -0.478 e. The molecule has 1 heterocycles. The van der Waals surface area contributed by atoms with E-state index in [9.17, 15) is 14.7 Å². The van der Waals surface area contributed by atoms with E-state index in [2.05, 4.69) is 21.2 Å². The molecule has 0 bridgehead atoms. The van der Waals surface area contributed by atoms with Gasteiger partial charge in [-0.15, -0.1) is 11.3 Å². The molecule has 2 N–H and O–H groups in total. The number of anilines is 1. The average molecular weight is 535 g/mol. The van der Waals surface area contributed by atoms with Crippen LogP contribution in [0.2, 0.25) is 5.02 Å². The van der Waals surface area contributed by atoms with Gasteiger partial charge < -0.3 is 15.2 Å². The van der Waals surface area contributed by atoms with E-state index >= 15 is 0 Å². The molecule has 0 atom stereocenters. The SMILES string of the molecule is CCCC=C(Oc1ccc(Cl)cc1C)C(=O)Nc1scc(-c2ccc(Br)cc2)c1C(=O)O. The lowest BCUT2D eigenvalue weighted by Gasteiger charge is -2.13. The van der Waals surface area contributed by atoms with Gasteiger partial charge >= 0.3 is 5.97 Å². The predicted octanol–water partition coefficient (Wildman–Crippen LogP) is 7.54. The molecule has 0 saturated carbocycles. The first-order chi connectivity index (χ1) is 15.3. The fourth-order valence-corrected chi connectivity index (χ4v) is 4.42. The molecule has 166 valence electrons. The second kappa shape index (κ2) is 10.8. The Morgan fingerprint density at radius 1 is 1.22 bits per heavy atom. The summed E-state index contributed by atoms with van der Waals surface area (Å²) in [7, 11) is 0. The van der Waals surface area contributed by atoms with Crippen molar-refractivity contribution >= 4 is 55.7 Å².